The van der Waals surface area contributed by atoms with Gasteiger partial charge in [0.15, 0.2) is 0 Å². The summed E-state index contributed by atoms with van der Waals surface area (Å²) < 4.78 is 5.21. The van der Waals surface area contributed by atoms with Crippen LogP contribution in [0.5, 0.6) is 0 Å². The van der Waals surface area contributed by atoms with Crippen molar-refractivity contribution in [1.29, 1.82) is 0 Å². The Morgan fingerprint density at radius 3 is 2.80 bits per heavy atom. The summed E-state index contributed by atoms with van der Waals surface area (Å²) in [6, 6.07) is 0. The number of amides is 1. The normalized spacial score (nSPS) is 32.2. The lowest BCUT2D eigenvalue weighted by molar-refractivity contribution is -0.129. The molecular formula is C7H13NO2. The third-order valence-electron chi connectivity index (χ3n) is 1.74. The van der Waals surface area contributed by atoms with Crippen LogP contribution in [0.15, 0.2) is 0 Å². The highest BCUT2D eigenvalue weighted by molar-refractivity contribution is 5.80. The summed E-state index contributed by atoms with van der Waals surface area (Å²) in [5, 5.41) is 2.56. The van der Waals surface area contributed by atoms with Gasteiger partial charge in [-0.3, -0.25) is 4.79 Å². The first-order chi connectivity index (χ1) is 4.74. The first-order valence-corrected chi connectivity index (χ1v) is 3.57. The van der Waals surface area contributed by atoms with E-state index in [4.69, 9.17) is 4.74 Å². The predicted octanol–water partition coefficient (Wildman–Crippen LogP) is 0.157. The second kappa shape index (κ2) is 3.01. The lowest BCUT2D eigenvalue weighted by Crippen LogP contribution is -2.31. The van der Waals surface area contributed by atoms with Crippen molar-refractivity contribution in [2.45, 2.75) is 19.4 Å². The number of carbonyl (C=O) groups excluding carboxylic acids is 1. The van der Waals surface area contributed by atoms with Gasteiger partial charge in [0, 0.05) is 7.05 Å². The molecule has 1 aliphatic heterocycles. The summed E-state index contributed by atoms with van der Waals surface area (Å²) in [4.78, 5) is 10.9. The molecule has 0 aromatic rings. The maximum Gasteiger partial charge on any atom is 0.248 e. The highest BCUT2D eigenvalue weighted by Crippen LogP contribution is 2.18. The SMILES string of the molecule is CNC(=O)[C@@H]1C[C@H](C)CO1. The molecule has 0 spiro atoms. The summed E-state index contributed by atoms with van der Waals surface area (Å²) in [5.41, 5.74) is 0. The molecule has 0 unspecified atom stereocenters. The lowest BCUT2D eigenvalue weighted by Gasteiger charge is -2.05. The molecule has 1 N–H and O–H groups in total. The summed E-state index contributed by atoms with van der Waals surface area (Å²) in [6.45, 7) is 2.81. The minimum atomic E-state index is -0.194. The fourth-order valence-corrected chi connectivity index (χ4v) is 1.13. The van der Waals surface area contributed by atoms with Crippen LogP contribution in [0.3, 0.4) is 0 Å². The molecule has 3 heteroatoms. The Kier molecular flexibility index (Phi) is 2.27. The van der Waals surface area contributed by atoms with Gasteiger partial charge in [-0.25, -0.2) is 0 Å². The van der Waals surface area contributed by atoms with Gasteiger partial charge in [-0.15, -0.1) is 0 Å². The zero-order valence-electron chi connectivity index (χ0n) is 6.39. The number of hydrogen-bond acceptors (Lipinski definition) is 2. The van der Waals surface area contributed by atoms with Gasteiger partial charge in [0.25, 0.3) is 0 Å². The van der Waals surface area contributed by atoms with Crippen LogP contribution in [0, 0.1) is 5.92 Å². The highest BCUT2D eigenvalue weighted by atomic mass is 16.5. The largest absolute Gasteiger partial charge is 0.368 e. The van der Waals surface area contributed by atoms with Gasteiger partial charge in [-0.05, 0) is 12.3 Å². The molecule has 0 aliphatic carbocycles. The van der Waals surface area contributed by atoms with Crippen molar-refractivity contribution in [1.82, 2.24) is 5.32 Å². The topological polar surface area (TPSA) is 38.3 Å². The quantitative estimate of drug-likeness (QED) is 0.567. The molecule has 1 aliphatic rings. The van der Waals surface area contributed by atoms with Gasteiger partial charge in [0.1, 0.15) is 6.10 Å². The van der Waals surface area contributed by atoms with Gasteiger partial charge >= 0.3 is 0 Å². The Morgan fingerprint density at radius 1 is 1.70 bits per heavy atom. The van der Waals surface area contributed by atoms with Crippen molar-refractivity contribution in [3.63, 3.8) is 0 Å². The number of nitrogens with one attached hydrogen (secondary N) is 1. The Labute approximate surface area is 60.7 Å². The maximum absolute atomic E-state index is 10.9. The van der Waals surface area contributed by atoms with E-state index in [-0.39, 0.29) is 12.0 Å². The summed E-state index contributed by atoms with van der Waals surface area (Å²) in [6.07, 6.45) is 0.666. The molecule has 0 radical (unpaired) electrons. The maximum atomic E-state index is 10.9. The van der Waals surface area contributed by atoms with Crippen LogP contribution in [0.25, 0.3) is 0 Å². The fraction of sp³-hybridized carbons (Fsp3) is 0.857. The van der Waals surface area contributed by atoms with Crippen LogP contribution >= 0.6 is 0 Å². The van der Waals surface area contributed by atoms with Crippen molar-refractivity contribution in [3.05, 3.63) is 0 Å². The van der Waals surface area contributed by atoms with E-state index in [1.807, 2.05) is 0 Å². The molecule has 0 saturated carbocycles. The first kappa shape index (κ1) is 7.54. The third kappa shape index (κ3) is 1.48. The van der Waals surface area contributed by atoms with E-state index in [1.165, 1.54) is 0 Å². The Morgan fingerprint density at radius 2 is 2.40 bits per heavy atom. The van der Waals surface area contributed by atoms with Gasteiger partial charge < -0.3 is 10.1 Å². The molecule has 0 bridgehead atoms. The van der Waals surface area contributed by atoms with Crippen LogP contribution in [0.1, 0.15) is 13.3 Å². The Hall–Kier alpha value is -0.570. The summed E-state index contributed by atoms with van der Waals surface area (Å²) >= 11 is 0. The minimum Gasteiger partial charge on any atom is -0.368 e. The average molecular weight is 143 g/mol. The van der Waals surface area contributed by atoms with Crippen LogP contribution in [-0.4, -0.2) is 25.7 Å². The van der Waals surface area contributed by atoms with E-state index in [0.29, 0.717) is 5.92 Å². The van der Waals surface area contributed by atoms with E-state index in [2.05, 4.69) is 12.2 Å². The van der Waals surface area contributed by atoms with Crippen LogP contribution < -0.4 is 5.32 Å². The lowest BCUT2D eigenvalue weighted by atomic mass is 10.1. The summed E-state index contributed by atoms with van der Waals surface area (Å²) in [7, 11) is 1.63. The van der Waals surface area contributed by atoms with Crippen LogP contribution in [-0.2, 0) is 9.53 Å². The molecule has 3 nitrogen and oxygen atoms in total. The molecule has 1 heterocycles. The first-order valence-electron chi connectivity index (χ1n) is 3.57. The van der Waals surface area contributed by atoms with E-state index in [1.54, 1.807) is 7.05 Å². The van der Waals surface area contributed by atoms with Crippen molar-refractivity contribution in [2.75, 3.05) is 13.7 Å². The molecule has 0 aromatic carbocycles. The molecule has 0 aromatic heterocycles. The number of carbonyl (C=O) groups is 1. The zero-order chi connectivity index (χ0) is 7.56. The van der Waals surface area contributed by atoms with E-state index >= 15 is 0 Å². The second-order valence-electron chi connectivity index (χ2n) is 2.78. The predicted molar refractivity (Wildman–Crippen MR) is 37.6 cm³/mol. The molecule has 2 atom stereocenters. The number of rotatable bonds is 1. The van der Waals surface area contributed by atoms with Crippen LogP contribution in [0.2, 0.25) is 0 Å². The molecule has 1 saturated heterocycles. The highest BCUT2D eigenvalue weighted by Gasteiger charge is 2.27. The van der Waals surface area contributed by atoms with Crippen molar-refractivity contribution >= 4 is 5.91 Å². The van der Waals surface area contributed by atoms with E-state index < -0.39 is 0 Å². The minimum absolute atomic E-state index is 0.00403. The number of likely N-dealkylation sites (N-methyl/N-ethyl adjacent to an activating group) is 1. The second-order valence-corrected chi connectivity index (χ2v) is 2.78. The van der Waals surface area contributed by atoms with Gasteiger partial charge in [0.05, 0.1) is 6.61 Å². The molecular weight excluding hydrogens is 130 g/mol. The average Bonchev–Trinajstić information content (AvgIpc) is 2.34. The summed E-state index contributed by atoms with van der Waals surface area (Å²) in [5.74, 6) is 0.534. The van der Waals surface area contributed by atoms with E-state index in [9.17, 15) is 4.79 Å². The number of ether oxygens (including phenoxy) is 1. The zero-order valence-corrected chi connectivity index (χ0v) is 6.39. The van der Waals surface area contributed by atoms with Crippen molar-refractivity contribution in [3.8, 4) is 0 Å². The van der Waals surface area contributed by atoms with Gasteiger partial charge in [0.2, 0.25) is 5.91 Å². The molecule has 1 fully saturated rings. The molecule has 58 valence electrons. The van der Waals surface area contributed by atoms with Crippen LogP contribution in [0.4, 0.5) is 0 Å². The standard InChI is InChI=1S/C7H13NO2/c1-5-3-6(10-4-5)7(9)8-2/h5-6H,3-4H2,1-2H3,(H,8,9)/t5-,6-/m0/s1. The monoisotopic (exact) mass is 143 g/mol. The smallest absolute Gasteiger partial charge is 0.248 e. The molecule has 10 heavy (non-hydrogen) atoms. The van der Waals surface area contributed by atoms with Crippen molar-refractivity contribution < 1.29 is 9.53 Å². The molecule has 1 rings (SSSR count). The fourth-order valence-electron chi connectivity index (χ4n) is 1.13. The number of hydrogen-bond donors (Lipinski definition) is 1. The van der Waals surface area contributed by atoms with E-state index in [0.717, 1.165) is 13.0 Å². The van der Waals surface area contributed by atoms with Gasteiger partial charge in [-0.2, -0.15) is 0 Å². The Balaban J connectivity index is 2.37. The third-order valence-corrected chi connectivity index (χ3v) is 1.74. The Bertz CT molecular complexity index is 136. The molecule has 1 amide bonds. The van der Waals surface area contributed by atoms with Gasteiger partial charge in [-0.1, -0.05) is 6.92 Å². The van der Waals surface area contributed by atoms with Crippen molar-refractivity contribution in [2.24, 2.45) is 5.92 Å².